The van der Waals surface area contributed by atoms with Crippen LogP contribution in [-0.2, 0) is 14.4 Å². The van der Waals surface area contributed by atoms with Gasteiger partial charge in [-0.05, 0) is 19.3 Å². The summed E-state index contributed by atoms with van der Waals surface area (Å²) < 4.78 is 0. The Labute approximate surface area is 87.0 Å². The zero-order valence-corrected chi connectivity index (χ0v) is 8.50. The van der Waals surface area contributed by atoms with Crippen LogP contribution in [0.2, 0.25) is 0 Å². The third kappa shape index (κ3) is 2.68. The summed E-state index contributed by atoms with van der Waals surface area (Å²) in [4.78, 5) is 32.7. The monoisotopic (exact) mass is 214 g/mol. The van der Waals surface area contributed by atoms with E-state index >= 15 is 0 Å². The van der Waals surface area contributed by atoms with Crippen molar-refractivity contribution in [2.24, 2.45) is 0 Å². The molecule has 0 aromatic rings. The van der Waals surface area contributed by atoms with Gasteiger partial charge in [0.1, 0.15) is 5.54 Å². The van der Waals surface area contributed by atoms with E-state index < -0.39 is 17.4 Å². The average Bonchev–Trinajstić information content (AvgIpc) is 2.07. The summed E-state index contributed by atoms with van der Waals surface area (Å²) in [5, 5.41) is 13.7. The predicted molar refractivity (Wildman–Crippen MR) is 51.0 cm³/mol. The van der Waals surface area contributed by atoms with Gasteiger partial charge < -0.3 is 15.7 Å². The Bertz CT molecular complexity index is 296. The smallest absolute Gasteiger partial charge is 0.329 e. The molecule has 0 atom stereocenters. The summed E-state index contributed by atoms with van der Waals surface area (Å²) in [6, 6.07) is 0. The number of hydrogen-bond donors (Lipinski definition) is 3. The fraction of sp³-hybridized carbons (Fsp3) is 0.667. The van der Waals surface area contributed by atoms with Gasteiger partial charge in [-0.2, -0.15) is 0 Å². The largest absolute Gasteiger partial charge is 0.480 e. The van der Waals surface area contributed by atoms with E-state index in [1.165, 1.54) is 6.92 Å². The van der Waals surface area contributed by atoms with Crippen LogP contribution in [0.4, 0.5) is 0 Å². The second-order valence-electron chi connectivity index (χ2n) is 3.70. The van der Waals surface area contributed by atoms with Gasteiger partial charge in [-0.15, -0.1) is 0 Å². The number of aliphatic carboxylic acids is 1. The van der Waals surface area contributed by atoms with Gasteiger partial charge in [0, 0.05) is 6.92 Å². The molecule has 0 spiro atoms. The van der Waals surface area contributed by atoms with E-state index in [1.807, 2.05) is 0 Å². The van der Waals surface area contributed by atoms with E-state index in [1.54, 1.807) is 0 Å². The van der Waals surface area contributed by atoms with Crippen LogP contribution < -0.4 is 10.6 Å². The minimum absolute atomic E-state index is 0.176. The van der Waals surface area contributed by atoms with Crippen molar-refractivity contribution in [2.75, 3.05) is 6.54 Å². The van der Waals surface area contributed by atoms with Crippen LogP contribution in [-0.4, -0.2) is 35.0 Å². The molecular formula is C9H14N2O4. The summed E-state index contributed by atoms with van der Waals surface area (Å²) in [5.74, 6) is -1.79. The Kier molecular flexibility index (Phi) is 3.28. The Hall–Kier alpha value is -1.59. The van der Waals surface area contributed by atoms with Crippen molar-refractivity contribution in [2.45, 2.75) is 31.7 Å². The standard InChI is InChI=1S/C9H14N2O4/c1-6(12)10-5-7(13)11-9(8(14)15)3-2-4-9/h2-5H2,1H3,(H,10,12)(H,11,13)(H,14,15). The van der Waals surface area contributed by atoms with Crippen molar-refractivity contribution in [1.82, 2.24) is 10.6 Å². The summed E-state index contributed by atoms with van der Waals surface area (Å²) in [6.45, 7) is 1.12. The van der Waals surface area contributed by atoms with Crippen LogP contribution in [0.15, 0.2) is 0 Å². The van der Waals surface area contributed by atoms with E-state index in [-0.39, 0.29) is 12.5 Å². The number of rotatable bonds is 4. The third-order valence-electron chi connectivity index (χ3n) is 2.49. The summed E-state index contributed by atoms with van der Waals surface area (Å²) >= 11 is 0. The molecule has 0 unspecified atom stereocenters. The lowest BCUT2D eigenvalue weighted by molar-refractivity contribution is -0.151. The maximum Gasteiger partial charge on any atom is 0.329 e. The first-order valence-corrected chi connectivity index (χ1v) is 4.75. The molecule has 1 rings (SSSR count). The fourth-order valence-corrected chi connectivity index (χ4v) is 1.44. The third-order valence-corrected chi connectivity index (χ3v) is 2.49. The molecular weight excluding hydrogens is 200 g/mol. The molecule has 0 bridgehead atoms. The van der Waals surface area contributed by atoms with Gasteiger partial charge in [0.2, 0.25) is 11.8 Å². The topological polar surface area (TPSA) is 95.5 Å². The highest BCUT2D eigenvalue weighted by atomic mass is 16.4. The van der Waals surface area contributed by atoms with Gasteiger partial charge in [0.15, 0.2) is 0 Å². The maximum atomic E-state index is 11.3. The van der Waals surface area contributed by atoms with Gasteiger partial charge in [-0.3, -0.25) is 9.59 Å². The molecule has 84 valence electrons. The summed E-state index contributed by atoms with van der Waals surface area (Å²) in [5.41, 5.74) is -1.10. The average molecular weight is 214 g/mol. The van der Waals surface area contributed by atoms with E-state index in [0.29, 0.717) is 12.8 Å². The number of hydrogen-bond acceptors (Lipinski definition) is 3. The molecule has 0 heterocycles. The molecule has 1 aliphatic carbocycles. The highest BCUT2D eigenvalue weighted by molar-refractivity contribution is 5.90. The number of nitrogens with one attached hydrogen (secondary N) is 2. The minimum atomic E-state index is -1.10. The number of carboxylic acid groups (broad SMARTS) is 1. The molecule has 6 nitrogen and oxygen atoms in total. The molecule has 1 fully saturated rings. The SMILES string of the molecule is CC(=O)NCC(=O)NC1(C(=O)O)CCC1. The van der Waals surface area contributed by atoms with Crippen LogP contribution in [0.1, 0.15) is 26.2 Å². The first kappa shape index (κ1) is 11.5. The van der Waals surface area contributed by atoms with Crippen LogP contribution in [0.3, 0.4) is 0 Å². The maximum absolute atomic E-state index is 11.3. The second-order valence-corrected chi connectivity index (χ2v) is 3.70. The molecule has 0 aliphatic heterocycles. The summed E-state index contributed by atoms with van der Waals surface area (Å²) in [6.07, 6.45) is 1.70. The molecule has 2 amide bonds. The van der Waals surface area contributed by atoms with Crippen LogP contribution in [0.25, 0.3) is 0 Å². The van der Waals surface area contributed by atoms with E-state index in [9.17, 15) is 14.4 Å². The van der Waals surface area contributed by atoms with Gasteiger partial charge in [0.05, 0.1) is 6.54 Å². The normalized spacial score (nSPS) is 17.4. The molecule has 6 heteroatoms. The molecule has 0 aromatic carbocycles. The lowest BCUT2D eigenvalue weighted by Crippen LogP contribution is -2.60. The van der Waals surface area contributed by atoms with Crippen molar-refractivity contribution in [3.05, 3.63) is 0 Å². The van der Waals surface area contributed by atoms with E-state index in [2.05, 4.69) is 10.6 Å². The minimum Gasteiger partial charge on any atom is -0.480 e. The van der Waals surface area contributed by atoms with Crippen molar-refractivity contribution >= 4 is 17.8 Å². The van der Waals surface area contributed by atoms with Gasteiger partial charge in [0.25, 0.3) is 0 Å². The summed E-state index contributed by atoms with van der Waals surface area (Å²) in [7, 11) is 0. The Morgan fingerprint density at radius 2 is 1.93 bits per heavy atom. The first-order valence-electron chi connectivity index (χ1n) is 4.75. The molecule has 0 saturated heterocycles. The van der Waals surface area contributed by atoms with Gasteiger partial charge >= 0.3 is 5.97 Å². The van der Waals surface area contributed by atoms with Crippen LogP contribution in [0.5, 0.6) is 0 Å². The number of carbonyl (C=O) groups is 3. The van der Waals surface area contributed by atoms with Crippen molar-refractivity contribution < 1.29 is 19.5 Å². The number of carboxylic acids is 1. The van der Waals surface area contributed by atoms with Crippen molar-refractivity contribution in [3.8, 4) is 0 Å². The fourth-order valence-electron chi connectivity index (χ4n) is 1.44. The number of amides is 2. The van der Waals surface area contributed by atoms with Crippen molar-refractivity contribution in [1.29, 1.82) is 0 Å². The lowest BCUT2D eigenvalue weighted by atomic mass is 9.77. The Balaban J connectivity index is 2.42. The van der Waals surface area contributed by atoms with Crippen molar-refractivity contribution in [3.63, 3.8) is 0 Å². The van der Waals surface area contributed by atoms with E-state index in [4.69, 9.17) is 5.11 Å². The second kappa shape index (κ2) is 4.29. The Morgan fingerprint density at radius 1 is 1.33 bits per heavy atom. The predicted octanol–water partition coefficient (Wildman–Crippen LogP) is -0.754. The Morgan fingerprint density at radius 3 is 2.27 bits per heavy atom. The number of carbonyl (C=O) groups excluding carboxylic acids is 2. The van der Waals surface area contributed by atoms with Crippen LogP contribution in [0, 0.1) is 0 Å². The quantitative estimate of drug-likeness (QED) is 0.573. The molecule has 0 radical (unpaired) electrons. The van der Waals surface area contributed by atoms with Gasteiger partial charge in [-0.25, -0.2) is 4.79 Å². The van der Waals surface area contributed by atoms with Crippen LogP contribution >= 0.6 is 0 Å². The molecule has 15 heavy (non-hydrogen) atoms. The zero-order valence-electron chi connectivity index (χ0n) is 8.50. The van der Waals surface area contributed by atoms with E-state index in [0.717, 1.165) is 6.42 Å². The highest BCUT2D eigenvalue weighted by Gasteiger charge is 2.45. The van der Waals surface area contributed by atoms with Gasteiger partial charge in [-0.1, -0.05) is 0 Å². The molecule has 1 aliphatic rings. The molecule has 1 saturated carbocycles. The molecule has 3 N–H and O–H groups in total. The molecule has 0 aromatic heterocycles. The zero-order chi connectivity index (χ0) is 11.5. The highest BCUT2D eigenvalue weighted by Crippen LogP contribution is 2.31. The first-order chi connectivity index (χ1) is 6.96. The lowest BCUT2D eigenvalue weighted by Gasteiger charge is -2.38.